The summed E-state index contributed by atoms with van der Waals surface area (Å²) in [6.45, 7) is 5.79. The molecule has 2 aromatic rings. The number of aromatic nitrogens is 1. The molecule has 3 rings (SSSR count). The summed E-state index contributed by atoms with van der Waals surface area (Å²) in [6, 6.07) is 8.04. The second kappa shape index (κ2) is 7.32. The summed E-state index contributed by atoms with van der Waals surface area (Å²) in [7, 11) is 1.78. The van der Waals surface area contributed by atoms with Crippen LogP contribution in [0.25, 0.3) is 0 Å². The van der Waals surface area contributed by atoms with Crippen LogP contribution in [0.4, 0.5) is 11.4 Å². The Morgan fingerprint density at radius 2 is 1.92 bits per heavy atom. The fourth-order valence-electron chi connectivity index (χ4n) is 3.04. The van der Waals surface area contributed by atoms with Crippen molar-refractivity contribution in [1.29, 1.82) is 0 Å². The lowest BCUT2D eigenvalue weighted by Crippen LogP contribution is -2.36. The number of nitrogens with one attached hydrogen (secondary N) is 1. The van der Waals surface area contributed by atoms with E-state index in [1.54, 1.807) is 7.11 Å². The number of anilines is 2. The van der Waals surface area contributed by atoms with E-state index >= 15 is 0 Å². The first kappa shape index (κ1) is 16.9. The number of benzene rings is 1. The number of carbonyl (C=O) groups is 1. The van der Waals surface area contributed by atoms with Gasteiger partial charge >= 0.3 is 0 Å². The SMILES string of the molecule is COC1CCN(c2ccc(NC(=O)c3sc(C)nc3C)cc2)CC1. The quantitative estimate of drug-likeness (QED) is 0.919. The first-order chi connectivity index (χ1) is 11.6. The molecule has 5 nitrogen and oxygen atoms in total. The monoisotopic (exact) mass is 345 g/mol. The lowest BCUT2D eigenvalue weighted by atomic mass is 10.1. The van der Waals surface area contributed by atoms with Crippen LogP contribution in [-0.2, 0) is 4.74 Å². The molecule has 0 spiro atoms. The summed E-state index contributed by atoms with van der Waals surface area (Å²) in [5.41, 5.74) is 2.78. The average Bonchev–Trinajstić information content (AvgIpc) is 2.94. The molecule has 1 amide bonds. The zero-order chi connectivity index (χ0) is 17.1. The molecule has 1 N–H and O–H groups in total. The predicted molar refractivity (Wildman–Crippen MR) is 98.2 cm³/mol. The van der Waals surface area contributed by atoms with Crippen LogP contribution in [0.1, 0.15) is 33.2 Å². The Balaban J connectivity index is 1.62. The Morgan fingerprint density at radius 1 is 1.25 bits per heavy atom. The molecule has 0 unspecified atom stereocenters. The van der Waals surface area contributed by atoms with Crippen molar-refractivity contribution in [3.63, 3.8) is 0 Å². The molecule has 1 aliphatic rings. The van der Waals surface area contributed by atoms with Gasteiger partial charge in [-0.15, -0.1) is 11.3 Å². The molecule has 1 aliphatic heterocycles. The highest BCUT2D eigenvalue weighted by Gasteiger charge is 2.19. The standard InChI is InChI=1S/C18H23N3O2S/c1-12-17(24-13(2)19-12)18(22)20-14-4-6-15(7-5-14)21-10-8-16(23-3)9-11-21/h4-7,16H,8-11H2,1-3H3,(H,20,22). The molecule has 24 heavy (non-hydrogen) atoms. The molecule has 1 fully saturated rings. The van der Waals surface area contributed by atoms with E-state index in [1.807, 2.05) is 26.0 Å². The molecule has 1 aromatic heterocycles. The van der Waals surface area contributed by atoms with Crippen LogP contribution in [-0.4, -0.2) is 37.2 Å². The summed E-state index contributed by atoms with van der Waals surface area (Å²) >= 11 is 1.43. The average molecular weight is 345 g/mol. The number of hydrogen-bond acceptors (Lipinski definition) is 5. The molecule has 0 radical (unpaired) electrons. The second-order valence-electron chi connectivity index (χ2n) is 6.07. The number of nitrogens with zero attached hydrogens (tertiary/aromatic N) is 2. The van der Waals surface area contributed by atoms with Gasteiger partial charge in [-0.3, -0.25) is 4.79 Å². The van der Waals surface area contributed by atoms with E-state index in [4.69, 9.17) is 4.74 Å². The summed E-state index contributed by atoms with van der Waals surface area (Å²) in [5, 5.41) is 3.86. The van der Waals surface area contributed by atoms with Gasteiger partial charge in [0.05, 0.1) is 16.8 Å². The van der Waals surface area contributed by atoms with E-state index in [0.717, 1.165) is 42.3 Å². The molecule has 128 valence electrons. The van der Waals surface area contributed by atoms with Gasteiger partial charge in [0, 0.05) is 31.6 Å². The van der Waals surface area contributed by atoms with Crippen LogP contribution in [0.2, 0.25) is 0 Å². The van der Waals surface area contributed by atoms with Crippen molar-refractivity contribution < 1.29 is 9.53 Å². The highest BCUT2D eigenvalue weighted by molar-refractivity contribution is 7.13. The number of rotatable bonds is 4. The molecule has 0 atom stereocenters. The van der Waals surface area contributed by atoms with Gasteiger partial charge in [-0.25, -0.2) is 4.98 Å². The van der Waals surface area contributed by atoms with Gasteiger partial charge in [-0.2, -0.15) is 0 Å². The smallest absolute Gasteiger partial charge is 0.267 e. The maximum Gasteiger partial charge on any atom is 0.267 e. The van der Waals surface area contributed by atoms with Gasteiger partial charge in [0.15, 0.2) is 0 Å². The largest absolute Gasteiger partial charge is 0.381 e. The topological polar surface area (TPSA) is 54.5 Å². The van der Waals surface area contributed by atoms with Crippen molar-refractivity contribution in [3.05, 3.63) is 39.8 Å². The van der Waals surface area contributed by atoms with Crippen molar-refractivity contribution in [3.8, 4) is 0 Å². The summed E-state index contributed by atoms with van der Waals surface area (Å²) in [6.07, 6.45) is 2.49. The Kier molecular flexibility index (Phi) is 5.16. The summed E-state index contributed by atoms with van der Waals surface area (Å²) < 4.78 is 5.41. The van der Waals surface area contributed by atoms with E-state index in [9.17, 15) is 4.79 Å². The minimum absolute atomic E-state index is 0.0910. The third-order valence-electron chi connectivity index (χ3n) is 4.38. The van der Waals surface area contributed by atoms with Crippen molar-refractivity contribution in [2.24, 2.45) is 0 Å². The van der Waals surface area contributed by atoms with Crippen molar-refractivity contribution in [2.45, 2.75) is 32.8 Å². The fraction of sp³-hybridized carbons (Fsp3) is 0.444. The Bertz CT molecular complexity index is 704. The van der Waals surface area contributed by atoms with Crippen LogP contribution < -0.4 is 10.2 Å². The van der Waals surface area contributed by atoms with E-state index in [1.165, 1.54) is 17.0 Å². The van der Waals surface area contributed by atoms with E-state index in [0.29, 0.717) is 11.0 Å². The van der Waals surface area contributed by atoms with Crippen LogP contribution in [0.5, 0.6) is 0 Å². The van der Waals surface area contributed by atoms with Crippen LogP contribution in [0.3, 0.4) is 0 Å². The second-order valence-corrected chi connectivity index (χ2v) is 7.27. The van der Waals surface area contributed by atoms with Crippen molar-refractivity contribution >= 4 is 28.6 Å². The number of aryl methyl sites for hydroxylation is 2. The minimum atomic E-state index is -0.0910. The molecule has 0 aliphatic carbocycles. The molecule has 1 aromatic carbocycles. The van der Waals surface area contributed by atoms with Crippen molar-refractivity contribution in [1.82, 2.24) is 4.98 Å². The number of methoxy groups -OCH3 is 1. The van der Waals surface area contributed by atoms with E-state index in [-0.39, 0.29) is 5.91 Å². The third kappa shape index (κ3) is 3.76. The third-order valence-corrected chi connectivity index (χ3v) is 5.45. The summed E-state index contributed by atoms with van der Waals surface area (Å²) in [5.74, 6) is -0.0910. The van der Waals surface area contributed by atoms with Crippen LogP contribution >= 0.6 is 11.3 Å². The van der Waals surface area contributed by atoms with Crippen molar-refractivity contribution in [2.75, 3.05) is 30.4 Å². The number of carbonyl (C=O) groups excluding carboxylic acids is 1. The molecule has 6 heteroatoms. The van der Waals surface area contributed by atoms with Crippen LogP contribution in [0.15, 0.2) is 24.3 Å². The van der Waals surface area contributed by atoms with E-state index in [2.05, 4.69) is 27.3 Å². The van der Waals surface area contributed by atoms with Gasteiger partial charge in [-0.05, 0) is 51.0 Å². The summed E-state index contributed by atoms with van der Waals surface area (Å²) in [4.78, 5) is 19.7. The van der Waals surface area contributed by atoms with Gasteiger partial charge in [-0.1, -0.05) is 0 Å². The number of piperidine rings is 1. The zero-order valence-corrected chi connectivity index (χ0v) is 15.2. The molecular weight excluding hydrogens is 322 g/mol. The molecular formula is C18H23N3O2S. The highest BCUT2D eigenvalue weighted by atomic mass is 32.1. The molecule has 0 saturated carbocycles. The lowest BCUT2D eigenvalue weighted by Gasteiger charge is -2.33. The number of amides is 1. The minimum Gasteiger partial charge on any atom is -0.381 e. The number of hydrogen-bond donors (Lipinski definition) is 1. The first-order valence-corrected chi connectivity index (χ1v) is 9.01. The van der Waals surface area contributed by atoms with Gasteiger partial charge < -0.3 is 15.0 Å². The molecule has 0 bridgehead atoms. The Labute approximate surface area is 146 Å². The molecule has 1 saturated heterocycles. The van der Waals surface area contributed by atoms with Crippen LogP contribution in [0, 0.1) is 13.8 Å². The van der Waals surface area contributed by atoms with Gasteiger partial charge in [0.1, 0.15) is 4.88 Å². The van der Waals surface area contributed by atoms with Gasteiger partial charge in [0.25, 0.3) is 5.91 Å². The Hall–Kier alpha value is -1.92. The predicted octanol–water partition coefficient (Wildman–Crippen LogP) is 3.63. The first-order valence-electron chi connectivity index (χ1n) is 8.20. The Morgan fingerprint density at radius 3 is 2.46 bits per heavy atom. The van der Waals surface area contributed by atoms with Gasteiger partial charge in [0.2, 0.25) is 0 Å². The maximum absolute atomic E-state index is 12.3. The number of ether oxygens (including phenoxy) is 1. The van der Waals surface area contributed by atoms with E-state index < -0.39 is 0 Å². The number of thiazole rings is 1. The normalized spacial score (nSPS) is 15.5. The lowest BCUT2D eigenvalue weighted by molar-refractivity contribution is 0.0819. The highest BCUT2D eigenvalue weighted by Crippen LogP contribution is 2.24. The maximum atomic E-state index is 12.3. The fourth-order valence-corrected chi connectivity index (χ4v) is 3.85. The molecule has 2 heterocycles. The zero-order valence-electron chi connectivity index (χ0n) is 14.3.